The minimum atomic E-state index is -0.199. The highest BCUT2D eigenvalue weighted by Crippen LogP contribution is 2.30. The number of hydrogen-bond donors (Lipinski definition) is 3. The smallest absolute Gasteiger partial charge is 0.0693 e. The van der Waals surface area contributed by atoms with Crippen LogP contribution >= 0.6 is 0 Å². The molecule has 0 unspecified atom stereocenters. The number of aliphatic hydroxyl groups is 2. The molecule has 0 saturated heterocycles. The summed E-state index contributed by atoms with van der Waals surface area (Å²) in [5.74, 6) is 0. The lowest BCUT2D eigenvalue weighted by Gasteiger charge is -2.39. The minimum absolute atomic E-state index is 0.0891. The van der Waals surface area contributed by atoms with Crippen LogP contribution in [0.1, 0.15) is 51.4 Å². The second-order valence-corrected chi connectivity index (χ2v) is 5.25. The molecule has 2 aliphatic carbocycles. The largest absolute Gasteiger partial charge is 0.394 e. The van der Waals surface area contributed by atoms with E-state index in [1.165, 1.54) is 19.3 Å². The summed E-state index contributed by atoms with van der Waals surface area (Å²) in [6.45, 7) is 0.218. The highest BCUT2D eigenvalue weighted by molar-refractivity contribution is 4.96. The molecule has 2 saturated carbocycles. The predicted molar refractivity (Wildman–Crippen MR) is 59.7 cm³/mol. The molecular formula is C12H23NO2. The van der Waals surface area contributed by atoms with Crippen LogP contribution in [0.4, 0.5) is 0 Å². The van der Waals surface area contributed by atoms with Crippen molar-refractivity contribution in [2.24, 2.45) is 0 Å². The molecule has 0 bridgehead atoms. The lowest BCUT2D eigenvalue weighted by molar-refractivity contribution is 0.0738. The minimum Gasteiger partial charge on any atom is -0.394 e. The second-order valence-electron chi connectivity index (χ2n) is 5.25. The van der Waals surface area contributed by atoms with E-state index < -0.39 is 0 Å². The molecule has 0 aliphatic heterocycles. The zero-order chi connectivity index (χ0) is 10.7. The molecule has 0 aromatic heterocycles. The van der Waals surface area contributed by atoms with Crippen LogP contribution in [0.3, 0.4) is 0 Å². The molecule has 3 nitrogen and oxygen atoms in total. The Morgan fingerprint density at radius 3 is 2.33 bits per heavy atom. The fourth-order valence-electron chi connectivity index (χ4n) is 3.08. The van der Waals surface area contributed by atoms with Crippen molar-refractivity contribution in [2.45, 2.75) is 69.1 Å². The lowest BCUT2D eigenvalue weighted by atomic mass is 9.81. The van der Waals surface area contributed by atoms with Crippen LogP contribution in [0, 0.1) is 0 Å². The Morgan fingerprint density at radius 2 is 1.80 bits per heavy atom. The molecule has 0 amide bonds. The summed E-state index contributed by atoms with van der Waals surface area (Å²) < 4.78 is 0. The van der Waals surface area contributed by atoms with Gasteiger partial charge in [-0.15, -0.1) is 0 Å². The fourth-order valence-corrected chi connectivity index (χ4v) is 3.08. The lowest BCUT2D eigenvalue weighted by Crippen LogP contribution is -2.56. The van der Waals surface area contributed by atoms with Gasteiger partial charge in [-0.2, -0.15) is 0 Å². The van der Waals surface area contributed by atoms with Crippen molar-refractivity contribution in [2.75, 3.05) is 6.61 Å². The highest BCUT2D eigenvalue weighted by atomic mass is 16.3. The molecule has 0 aromatic carbocycles. The molecule has 0 radical (unpaired) electrons. The van der Waals surface area contributed by atoms with Gasteiger partial charge >= 0.3 is 0 Å². The molecule has 2 rings (SSSR count). The average molecular weight is 213 g/mol. The molecule has 3 heteroatoms. The zero-order valence-corrected chi connectivity index (χ0v) is 9.41. The van der Waals surface area contributed by atoms with E-state index in [-0.39, 0.29) is 24.3 Å². The van der Waals surface area contributed by atoms with Crippen molar-refractivity contribution in [3.8, 4) is 0 Å². The summed E-state index contributed by atoms with van der Waals surface area (Å²) in [6, 6.07) is 0.218. The quantitative estimate of drug-likeness (QED) is 0.660. The third-order valence-electron chi connectivity index (χ3n) is 4.08. The van der Waals surface area contributed by atoms with Crippen LogP contribution in [0.15, 0.2) is 0 Å². The van der Waals surface area contributed by atoms with Gasteiger partial charge in [-0.05, 0) is 32.1 Å². The summed E-state index contributed by atoms with van der Waals surface area (Å²) >= 11 is 0. The van der Waals surface area contributed by atoms with Crippen molar-refractivity contribution in [1.29, 1.82) is 0 Å². The van der Waals surface area contributed by atoms with Gasteiger partial charge in [0.2, 0.25) is 0 Å². The predicted octanol–water partition coefficient (Wildman–Crippen LogP) is 1.18. The van der Waals surface area contributed by atoms with E-state index in [4.69, 9.17) is 0 Å². The Kier molecular flexibility index (Phi) is 3.65. The van der Waals surface area contributed by atoms with Crippen molar-refractivity contribution in [3.63, 3.8) is 0 Å². The van der Waals surface area contributed by atoms with E-state index in [1.54, 1.807) is 0 Å². The SMILES string of the molecule is OCC1(N[C@@H]2CCC[C@H]2O)CCCCC1. The first-order valence-electron chi connectivity index (χ1n) is 6.32. The molecule has 0 spiro atoms. The Morgan fingerprint density at radius 1 is 1.07 bits per heavy atom. The normalized spacial score (nSPS) is 35.6. The van der Waals surface area contributed by atoms with Crippen LogP contribution < -0.4 is 5.32 Å². The van der Waals surface area contributed by atoms with E-state index >= 15 is 0 Å². The first-order chi connectivity index (χ1) is 7.26. The van der Waals surface area contributed by atoms with Gasteiger partial charge in [0.15, 0.2) is 0 Å². The summed E-state index contributed by atoms with van der Waals surface area (Å²) in [7, 11) is 0. The maximum absolute atomic E-state index is 9.79. The van der Waals surface area contributed by atoms with Gasteiger partial charge in [0.1, 0.15) is 0 Å². The van der Waals surface area contributed by atoms with Gasteiger partial charge in [-0.25, -0.2) is 0 Å². The summed E-state index contributed by atoms with van der Waals surface area (Å²) in [6.07, 6.45) is 8.71. The molecule has 15 heavy (non-hydrogen) atoms. The van der Waals surface area contributed by atoms with Crippen molar-refractivity contribution in [1.82, 2.24) is 5.32 Å². The van der Waals surface area contributed by atoms with Gasteiger partial charge in [-0.1, -0.05) is 19.3 Å². The third-order valence-corrected chi connectivity index (χ3v) is 4.08. The van der Waals surface area contributed by atoms with E-state index in [2.05, 4.69) is 5.32 Å². The maximum atomic E-state index is 9.79. The van der Waals surface area contributed by atoms with Gasteiger partial charge in [-0.3, -0.25) is 0 Å². The molecule has 3 N–H and O–H groups in total. The molecule has 2 fully saturated rings. The van der Waals surface area contributed by atoms with Crippen molar-refractivity contribution >= 4 is 0 Å². The van der Waals surface area contributed by atoms with Crippen LogP contribution in [0.5, 0.6) is 0 Å². The van der Waals surface area contributed by atoms with Gasteiger partial charge in [0.05, 0.1) is 12.7 Å². The van der Waals surface area contributed by atoms with Gasteiger partial charge in [0, 0.05) is 11.6 Å². The zero-order valence-electron chi connectivity index (χ0n) is 9.41. The second kappa shape index (κ2) is 4.81. The van der Waals surface area contributed by atoms with Crippen LogP contribution in [-0.2, 0) is 0 Å². The maximum Gasteiger partial charge on any atom is 0.0693 e. The molecule has 0 aromatic rings. The Labute approximate surface area is 91.9 Å². The summed E-state index contributed by atoms with van der Waals surface area (Å²) in [5, 5.41) is 22.9. The highest BCUT2D eigenvalue weighted by Gasteiger charge is 2.36. The van der Waals surface area contributed by atoms with Crippen LogP contribution in [0.25, 0.3) is 0 Å². The van der Waals surface area contributed by atoms with Crippen molar-refractivity contribution < 1.29 is 10.2 Å². The van der Waals surface area contributed by atoms with E-state index in [9.17, 15) is 10.2 Å². The van der Waals surface area contributed by atoms with E-state index in [1.807, 2.05) is 0 Å². The Balaban J connectivity index is 1.94. The number of rotatable bonds is 3. The third kappa shape index (κ3) is 2.52. The van der Waals surface area contributed by atoms with Crippen LogP contribution in [0.2, 0.25) is 0 Å². The number of hydrogen-bond acceptors (Lipinski definition) is 3. The number of nitrogens with one attached hydrogen (secondary N) is 1. The Hall–Kier alpha value is -0.120. The standard InChI is InChI=1S/C12H23NO2/c14-9-12(7-2-1-3-8-12)13-10-5-4-6-11(10)15/h10-11,13-15H,1-9H2/t10-,11-/m1/s1. The monoisotopic (exact) mass is 213 g/mol. The first-order valence-corrected chi connectivity index (χ1v) is 6.32. The molecule has 2 aliphatic rings. The van der Waals surface area contributed by atoms with Crippen molar-refractivity contribution in [3.05, 3.63) is 0 Å². The summed E-state index contributed by atoms with van der Waals surface area (Å²) in [4.78, 5) is 0. The van der Waals surface area contributed by atoms with Gasteiger partial charge in [0.25, 0.3) is 0 Å². The van der Waals surface area contributed by atoms with E-state index in [0.29, 0.717) is 0 Å². The topological polar surface area (TPSA) is 52.5 Å². The van der Waals surface area contributed by atoms with Gasteiger partial charge < -0.3 is 15.5 Å². The molecule has 2 atom stereocenters. The number of aliphatic hydroxyl groups excluding tert-OH is 2. The summed E-state index contributed by atoms with van der Waals surface area (Å²) in [5.41, 5.74) is -0.0891. The van der Waals surface area contributed by atoms with Crippen LogP contribution in [-0.4, -0.2) is 34.5 Å². The first kappa shape index (κ1) is 11.4. The Bertz CT molecular complexity index is 202. The molecule has 88 valence electrons. The molecular weight excluding hydrogens is 190 g/mol. The fraction of sp³-hybridized carbons (Fsp3) is 1.00. The average Bonchev–Trinajstić information content (AvgIpc) is 2.66. The van der Waals surface area contributed by atoms with E-state index in [0.717, 1.165) is 32.1 Å². The molecule has 0 heterocycles.